The summed E-state index contributed by atoms with van der Waals surface area (Å²) in [7, 11) is 5.91. The molecule has 2 aliphatic rings. The van der Waals surface area contributed by atoms with Crippen molar-refractivity contribution >= 4 is 40.5 Å². The van der Waals surface area contributed by atoms with Gasteiger partial charge in [-0.15, -0.1) is 0 Å². The Hall–Kier alpha value is -4.02. The standard InChI is InChI=1S/C33H39FN6O2S/c1-37(2)27-15-13-26(14-16-27)35-31(42)33(17-19-38(3)20-18-33)40(21-25-11-7-8-12-28(25)34)30(41)23-39-22-29(36-32(39)43)24-9-5-4-6-10-24/h4-16,29H,17-23H2,1-3H3,(H,35,42)(H,36,43). The summed E-state index contributed by atoms with van der Waals surface area (Å²) < 4.78 is 15.0. The first-order chi connectivity index (χ1) is 20.7. The zero-order valence-corrected chi connectivity index (χ0v) is 25.7. The molecule has 0 aliphatic carbocycles. The lowest BCUT2D eigenvalue weighted by molar-refractivity contribution is -0.150. The van der Waals surface area contributed by atoms with Crippen molar-refractivity contribution in [3.63, 3.8) is 0 Å². The van der Waals surface area contributed by atoms with Gasteiger partial charge in [0.2, 0.25) is 11.8 Å². The Labute approximate surface area is 258 Å². The second-order valence-electron chi connectivity index (χ2n) is 11.6. The van der Waals surface area contributed by atoms with E-state index in [0.29, 0.717) is 48.8 Å². The van der Waals surface area contributed by atoms with E-state index in [9.17, 15) is 9.59 Å². The molecule has 1 atom stereocenters. The lowest BCUT2D eigenvalue weighted by atomic mass is 9.83. The topological polar surface area (TPSA) is 71.2 Å². The summed E-state index contributed by atoms with van der Waals surface area (Å²) in [5.74, 6) is -0.957. The van der Waals surface area contributed by atoms with Gasteiger partial charge in [-0.05, 0) is 68.0 Å². The number of carbonyl (C=O) groups is 2. The molecule has 5 rings (SSSR count). The molecule has 2 N–H and O–H groups in total. The number of nitrogens with zero attached hydrogens (tertiary/aromatic N) is 4. The van der Waals surface area contributed by atoms with Gasteiger partial charge in [-0.3, -0.25) is 9.59 Å². The molecule has 43 heavy (non-hydrogen) atoms. The van der Waals surface area contributed by atoms with Crippen molar-refractivity contribution in [1.29, 1.82) is 0 Å². The van der Waals surface area contributed by atoms with Crippen LogP contribution in [0.4, 0.5) is 15.8 Å². The first-order valence-corrected chi connectivity index (χ1v) is 15.0. The predicted octanol–water partition coefficient (Wildman–Crippen LogP) is 4.25. The first kappa shape index (κ1) is 30.4. The zero-order chi connectivity index (χ0) is 30.6. The summed E-state index contributed by atoms with van der Waals surface area (Å²) in [6.45, 7) is 1.70. The average Bonchev–Trinajstić information content (AvgIpc) is 3.37. The summed E-state index contributed by atoms with van der Waals surface area (Å²) in [6.07, 6.45) is 0.835. The van der Waals surface area contributed by atoms with Crippen molar-refractivity contribution in [3.8, 4) is 0 Å². The van der Waals surface area contributed by atoms with Crippen molar-refractivity contribution < 1.29 is 14.0 Å². The third-order valence-electron chi connectivity index (χ3n) is 8.50. The van der Waals surface area contributed by atoms with Crippen LogP contribution in [0.2, 0.25) is 0 Å². The van der Waals surface area contributed by atoms with Gasteiger partial charge in [-0.25, -0.2) is 4.39 Å². The SMILES string of the molecule is CN1CCC(C(=O)Nc2ccc(N(C)C)cc2)(N(Cc2ccccc2F)C(=O)CN2CC(c3ccccc3)NC2=S)CC1. The smallest absolute Gasteiger partial charge is 0.250 e. The molecule has 10 heteroatoms. The molecule has 3 aromatic carbocycles. The molecule has 2 saturated heterocycles. The highest BCUT2D eigenvalue weighted by atomic mass is 32.1. The molecule has 2 fully saturated rings. The summed E-state index contributed by atoms with van der Waals surface area (Å²) in [5.41, 5.74) is 1.91. The number of piperidine rings is 1. The maximum atomic E-state index is 15.0. The molecule has 0 aromatic heterocycles. The number of carbonyl (C=O) groups excluding carboxylic acids is 2. The van der Waals surface area contributed by atoms with Crippen LogP contribution in [0.25, 0.3) is 0 Å². The predicted molar refractivity (Wildman–Crippen MR) is 172 cm³/mol. The molecule has 0 saturated carbocycles. The molecule has 2 aliphatic heterocycles. The van der Waals surface area contributed by atoms with Gasteiger partial charge < -0.3 is 30.2 Å². The van der Waals surface area contributed by atoms with Crippen molar-refractivity contribution in [2.24, 2.45) is 0 Å². The van der Waals surface area contributed by atoms with E-state index < -0.39 is 11.4 Å². The third kappa shape index (κ3) is 6.81. The number of benzene rings is 3. The fourth-order valence-corrected chi connectivity index (χ4v) is 6.10. The molecule has 0 radical (unpaired) electrons. The second kappa shape index (κ2) is 13.1. The van der Waals surface area contributed by atoms with Gasteiger partial charge in [0.1, 0.15) is 11.4 Å². The van der Waals surface area contributed by atoms with Crippen LogP contribution >= 0.6 is 12.2 Å². The molecule has 226 valence electrons. The molecule has 2 amide bonds. The van der Waals surface area contributed by atoms with E-state index in [1.165, 1.54) is 6.07 Å². The number of hydrogen-bond acceptors (Lipinski definition) is 5. The van der Waals surface area contributed by atoms with Crippen LogP contribution in [0.3, 0.4) is 0 Å². The highest BCUT2D eigenvalue weighted by molar-refractivity contribution is 7.80. The molecule has 0 bridgehead atoms. The van der Waals surface area contributed by atoms with E-state index >= 15 is 4.39 Å². The van der Waals surface area contributed by atoms with Crippen LogP contribution in [0, 0.1) is 5.82 Å². The summed E-state index contributed by atoms with van der Waals surface area (Å²) in [5, 5.41) is 6.89. The number of halogens is 1. The number of amides is 2. The van der Waals surface area contributed by atoms with Gasteiger partial charge in [0.05, 0.1) is 12.6 Å². The Bertz CT molecular complexity index is 1440. The maximum absolute atomic E-state index is 15.0. The van der Waals surface area contributed by atoms with Gasteiger partial charge >= 0.3 is 0 Å². The Kier molecular flexibility index (Phi) is 9.27. The highest BCUT2D eigenvalue weighted by Gasteiger charge is 2.48. The van der Waals surface area contributed by atoms with Gasteiger partial charge in [0.25, 0.3) is 0 Å². The summed E-state index contributed by atoms with van der Waals surface area (Å²) >= 11 is 5.63. The normalized spacial score (nSPS) is 18.2. The lowest BCUT2D eigenvalue weighted by Gasteiger charge is -2.47. The first-order valence-electron chi connectivity index (χ1n) is 14.6. The number of thiocarbonyl (C=S) groups is 1. The van der Waals surface area contributed by atoms with Crippen LogP contribution in [-0.2, 0) is 16.1 Å². The number of hydrogen-bond donors (Lipinski definition) is 2. The van der Waals surface area contributed by atoms with Crippen molar-refractivity contribution in [1.82, 2.24) is 20.0 Å². The minimum atomic E-state index is -1.18. The summed E-state index contributed by atoms with van der Waals surface area (Å²) in [4.78, 5) is 36.2. The second-order valence-corrected chi connectivity index (χ2v) is 12.0. The molecule has 1 unspecified atom stereocenters. The molecule has 3 aromatic rings. The monoisotopic (exact) mass is 602 g/mol. The number of rotatable bonds is 9. The minimum absolute atomic E-state index is 0.0218. The molecular formula is C33H39FN6O2S. The summed E-state index contributed by atoms with van der Waals surface area (Å²) in [6, 6.07) is 23.9. The third-order valence-corrected chi connectivity index (χ3v) is 8.87. The highest BCUT2D eigenvalue weighted by Crippen LogP contribution is 2.33. The Morgan fingerprint density at radius 2 is 1.65 bits per heavy atom. The van der Waals surface area contributed by atoms with E-state index in [0.717, 1.165) is 11.3 Å². The largest absolute Gasteiger partial charge is 0.378 e. The van der Waals surface area contributed by atoms with Gasteiger partial charge in [-0.2, -0.15) is 0 Å². The Morgan fingerprint density at radius 1 is 1.00 bits per heavy atom. The van der Waals surface area contributed by atoms with E-state index in [1.54, 1.807) is 23.1 Å². The van der Waals surface area contributed by atoms with Crippen molar-refractivity contribution in [2.75, 3.05) is 57.5 Å². The minimum Gasteiger partial charge on any atom is -0.378 e. The fourth-order valence-electron chi connectivity index (χ4n) is 5.82. The maximum Gasteiger partial charge on any atom is 0.250 e. The quantitative estimate of drug-likeness (QED) is 0.355. The molecule has 8 nitrogen and oxygen atoms in total. The Balaban J connectivity index is 1.45. The van der Waals surface area contributed by atoms with Gasteiger partial charge in [-0.1, -0.05) is 48.5 Å². The Morgan fingerprint density at radius 3 is 2.30 bits per heavy atom. The van der Waals surface area contributed by atoms with E-state index in [1.807, 2.05) is 85.5 Å². The van der Waals surface area contributed by atoms with E-state index in [-0.39, 0.29) is 30.9 Å². The lowest BCUT2D eigenvalue weighted by Crippen LogP contribution is -2.64. The molecular weight excluding hydrogens is 563 g/mol. The average molecular weight is 603 g/mol. The van der Waals surface area contributed by atoms with Crippen LogP contribution in [-0.4, -0.2) is 84.5 Å². The molecule has 2 heterocycles. The molecule has 0 spiro atoms. The number of likely N-dealkylation sites (tertiary alicyclic amines) is 1. The van der Waals surface area contributed by atoms with Gasteiger partial charge in [0, 0.05) is 57.2 Å². The van der Waals surface area contributed by atoms with Gasteiger partial charge in [0.15, 0.2) is 5.11 Å². The van der Waals surface area contributed by atoms with Crippen molar-refractivity contribution in [3.05, 3.63) is 95.8 Å². The van der Waals surface area contributed by atoms with Crippen LogP contribution in [0.5, 0.6) is 0 Å². The van der Waals surface area contributed by atoms with Crippen LogP contribution < -0.4 is 15.5 Å². The van der Waals surface area contributed by atoms with E-state index in [4.69, 9.17) is 12.2 Å². The number of nitrogens with one attached hydrogen (secondary N) is 2. The van der Waals surface area contributed by atoms with Crippen molar-refractivity contribution in [2.45, 2.75) is 31.0 Å². The fraction of sp³-hybridized carbons (Fsp3) is 0.364. The van der Waals surface area contributed by atoms with Crippen LogP contribution in [0.1, 0.15) is 30.0 Å². The van der Waals surface area contributed by atoms with E-state index in [2.05, 4.69) is 15.5 Å². The number of anilines is 2. The zero-order valence-electron chi connectivity index (χ0n) is 24.9. The van der Waals surface area contributed by atoms with Crippen LogP contribution in [0.15, 0.2) is 78.9 Å².